The zero-order valence-electron chi connectivity index (χ0n) is 24.3. The fourth-order valence-electron chi connectivity index (χ4n) is 5.38. The maximum atomic E-state index is 13.6. The lowest BCUT2D eigenvalue weighted by Gasteiger charge is -2.11. The van der Waals surface area contributed by atoms with E-state index in [1.807, 2.05) is 63.4 Å². The molecule has 0 unspecified atom stereocenters. The van der Waals surface area contributed by atoms with Crippen LogP contribution in [0.25, 0.3) is 27.7 Å². The molecule has 0 aliphatic heterocycles. The summed E-state index contributed by atoms with van der Waals surface area (Å²) in [4.78, 5) is 16.9. The molecule has 224 valence electrons. The fourth-order valence-corrected chi connectivity index (χ4v) is 6.47. The lowest BCUT2D eigenvalue weighted by Crippen LogP contribution is -2.31. The average Bonchev–Trinajstić information content (AvgIpc) is 3.62. The van der Waals surface area contributed by atoms with Crippen molar-refractivity contribution in [3.05, 3.63) is 106 Å². The van der Waals surface area contributed by atoms with Gasteiger partial charge in [0.15, 0.2) is 5.65 Å². The van der Waals surface area contributed by atoms with Crippen molar-refractivity contribution in [3.63, 3.8) is 0 Å². The molecule has 0 saturated carbocycles. The molecule has 12 heteroatoms. The molecule has 2 N–H and O–H groups in total. The number of amides is 1. The maximum absolute atomic E-state index is 13.6. The molecule has 1 amide bonds. The van der Waals surface area contributed by atoms with E-state index in [-0.39, 0.29) is 10.6 Å². The van der Waals surface area contributed by atoms with Crippen LogP contribution in [-0.2, 0) is 16.4 Å². The number of H-pyrrole nitrogens is 1. The maximum Gasteiger partial charge on any atom is 0.281 e. The van der Waals surface area contributed by atoms with Gasteiger partial charge in [0.25, 0.3) is 15.9 Å². The van der Waals surface area contributed by atoms with Crippen LogP contribution in [0, 0.1) is 20.8 Å². The van der Waals surface area contributed by atoms with E-state index in [4.69, 9.17) is 16.3 Å². The minimum absolute atomic E-state index is 0.000907. The molecule has 0 aliphatic carbocycles. The zero-order valence-corrected chi connectivity index (χ0v) is 25.8. The van der Waals surface area contributed by atoms with Crippen molar-refractivity contribution < 1.29 is 17.9 Å². The molecule has 10 nitrogen and oxygen atoms in total. The Kier molecular flexibility index (Phi) is 7.83. The van der Waals surface area contributed by atoms with Crippen molar-refractivity contribution in [1.82, 2.24) is 29.7 Å². The summed E-state index contributed by atoms with van der Waals surface area (Å²) < 4.78 is 36.0. The number of nitrogens with one attached hydrogen (secondary N) is 2. The molecule has 0 atom stereocenters. The number of halogens is 1. The highest BCUT2D eigenvalue weighted by Gasteiger charge is 2.25. The lowest BCUT2D eigenvalue weighted by atomic mass is 9.98. The van der Waals surface area contributed by atoms with Crippen molar-refractivity contribution >= 4 is 44.1 Å². The first-order valence-corrected chi connectivity index (χ1v) is 15.8. The normalized spacial score (nSPS) is 11.7. The molecule has 0 aliphatic rings. The second-order valence-corrected chi connectivity index (χ2v) is 12.7. The van der Waals surface area contributed by atoms with Gasteiger partial charge in [-0.15, -0.1) is 5.10 Å². The summed E-state index contributed by atoms with van der Waals surface area (Å²) in [5.74, 6) is -0.0328. The molecule has 3 aromatic heterocycles. The van der Waals surface area contributed by atoms with Crippen LogP contribution in [-0.4, -0.2) is 46.0 Å². The van der Waals surface area contributed by atoms with E-state index in [9.17, 15) is 13.2 Å². The number of sulfonamides is 1. The van der Waals surface area contributed by atoms with Gasteiger partial charge in [0, 0.05) is 27.7 Å². The van der Waals surface area contributed by atoms with Gasteiger partial charge in [0.05, 0.1) is 17.0 Å². The van der Waals surface area contributed by atoms with Crippen molar-refractivity contribution in [2.75, 3.05) is 6.61 Å². The molecule has 0 radical (unpaired) electrons. The first-order valence-electron chi connectivity index (χ1n) is 14.0. The Morgan fingerprint density at radius 2 is 1.73 bits per heavy atom. The molecular formula is C32H29ClN6O4S. The van der Waals surface area contributed by atoms with E-state index in [0.717, 1.165) is 33.2 Å². The Balaban J connectivity index is 1.37. The third-order valence-electron chi connectivity index (χ3n) is 7.53. The number of aromatic nitrogens is 5. The molecule has 3 aromatic carbocycles. The number of fused-ring (bicyclic) bond motifs is 2. The highest BCUT2D eigenvalue weighted by Crippen LogP contribution is 2.34. The van der Waals surface area contributed by atoms with Gasteiger partial charge in [0.2, 0.25) is 0 Å². The van der Waals surface area contributed by atoms with E-state index < -0.39 is 15.9 Å². The Morgan fingerprint density at radius 3 is 2.48 bits per heavy atom. The summed E-state index contributed by atoms with van der Waals surface area (Å²) in [5.41, 5.74) is 6.67. The van der Waals surface area contributed by atoms with Gasteiger partial charge in [-0.3, -0.25) is 4.79 Å². The first-order chi connectivity index (χ1) is 21.1. The zero-order chi connectivity index (χ0) is 31.0. The Morgan fingerprint density at radius 1 is 0.977 bits per heavy atom. The van der Waals surface area contributed by atoms with E-state index in [1.165, 1.54) is 12.1 Å². The van der Waals surface area contributed by atoms with Crippen molar-refractivity contribution in [2.24, 2.45) is 0 Å². The summed E-state index contributed by atoms with van der Waals surface area (Å²) >= 11 is 6.30. The van der Waals surface area contributed by atoms with Crippen molar-refractivity contribution in [1.29, 1.82) is 0 Å². The minimum Gasteiger partial charge on any atom is -0.494 e. The first kappa shape index (κ1) is 29.3. The van der Waals surface area contributed by atoms with Gasteiger partial charge in [-0.25, -0.2) is 17.7 Å². The van der Waals surface area contributed by atoms with Crippen LogP contribution in [0.3, 0.4) is 0 Å². The fraction of sp³-hybridized carbons (Fsp3) is 0.188. The summed E-state index contributed by atoms with van der Waals surface area (Å²) in [6.45, 7) is 6.20. The average molecular weight is 629 g/mol. The SMILES string of the molecule is Cc1cc2nnnn2cc1-c1cccc2c(CCCOc3cc(C)c(Cl)c(C)c3)c(C(=O)NS(=O)(=O)c3ccccc3)[nH]c12. The smallest absolute Gasteiger partial charge is 0.281 e. The Hall–Kier alpha value is -4.74. The van der Waals surface area contributed by atoms with Crippen LogP contribution < -0.4 is 9.46 Å². The molecule has 6 rings (SSSR count). The van der Waals surface area contributed by atoms with Crippen molar-refractivity contribution in [3.8, 4) is 16.9 Å². The van der Waals surface area contributed by atoms with Gasteiger partial charge in [0.1, 0.15) is 11.4 Å². The number of hydrogen-bond acceptors (Lipinski definition) is 7. The molecule has 44 heavy (non-hydrogen) atoms. The molecular weight excluding hydrogens is 600 g/mol. The third kappa shape index (κ3) is 5.63. The second-order valence-electron chi connectivity index (χ2n) is 10.6. The molecule has 3 heterocycles. The van der Waals surface area contributed by atoms with E-state index >= 15 is 0 Å². The van der Waals surface area contributed by atoms with E-state index in [0.29, 0.717) is 46.9 Å². The highest BCUT2D eigenvalue weighted by molar-refractivity contribution is 7.90. The number of carbonyl (C=O) groups is 1. The number of aromatic amines is 1. The van der Waals surface area contributed by atoms with Gasteiger partial charge >= 0.3 is 0 Å². The number of nitrogens with zero attached hydrogens (tertiary/aromatic N) is 4. The van der Waals surface area contributed by atoms with Crippen LogP contribution in [0.5, 0.6) is 5.75 Å². The molecule has 6 aromatic rings. The number of benzene rings is 3. The van der Waals surface area contributed by atoms with Gasteiger partial charge < -0.3 is 9.72 Å². The number of rotatable bonds is 9. The molecule has 0 fully saturated rings. The number of aryl methyl sites for hydroxylation is 4. The van der Waals surface area contributed by atoms with Crippen LogP contribution in [0.15, 0.2) is 77.8 Å². The van der Waals surface area contributed by atoms with Crippen molar-refractivity contribution in [2.45, 2.75) is 38.5 Å². The monoisotopic (exact) mass is 628 g/mol. The minimum atomic E-state index is -4.10. The van der Waals surface area contributed by atoms with Crippen LogP contribution in [0.4, 0.5) is 0 Å². The van der Waals surface area contributed by atoms with Gasteiger partial charge in [-0.05, 0) is 96.6 Å². The number of tetrazole rings is 1. The molecule has 0 spiro atoms. The topological polar surface area (TPSA) is 131 Å². The largest absolute Gasteiger partial charge is 0.494 e. The summed E-state index contributed by atoms with van der Waals surface area (Å²) in [7, 11) is -4.10. The number of ether oxygens (including phenoxy) is 1. The number of hydrogen-bond donors (Lipinski definition) is 2. The summed E-state index contributed by atoms with van der Waals surface area (Å²) in [6.07, 6.45) is 2.86. The quantitative estimate of drug-likeness (QED) is 0.188. The Bertz CT molecular complexity index is 2120. The standard InChI is InChI=1S/C32H29ClN6O4S/c1-19-17-28-35-37-38-39(28)18-27(19)26-12-7-11-24-25(13-8-14-43-22-15-20(2)29(33)21(3)16-22)31(34-30(24)26)32(40)36-44(41,42)23-9-5-4-6-10-23/h4-7,9-12,15-18,34H,8,13-14H2,1-3H3,(H,36,40). The van der Waals surface area contributed by atoms with Crippen LogP contribution in [0.2, 0.25) is 5.02 Å². The van der Waals surface area contributed by atoms with Crippen LogP contribution in [0.1, 0.15) is 39.2 Å². The second kappa shape index (κ2) is 11.7. The van der Waals surface area contributed by atoms with E-state index in [1.54, 1.807) is 22.7 Å². The summed E-state index contributed by atoms with van der Waals surface area (Å²) in [5, 5.41) is 13.3. The number of pyridine rings is 1. The Labute approximate surface area is 259 Å². The van der Waals surface area contributed by atoms with Gasteiger partial charge in [-0.2, -0.15) is 0 Å². The van der Waals surface area contributed by atoms with Gasteiger partial charge in [-0.1, -0.05) is 48.0 Å². The number of carbonyl (C=O) groups excluding carboxylic acids is 1. The number of para-hydroxylation sites is 1. The predicted molar refractivity (Wildman–Crippen MR) is 169 cm³/mol. The summed E-state index contributed by atoms with van der Waals surface area (Å²) in [6, 6.07) is 19.2. The molecule has 0 bridgehead atoms. The lowest BCUT2D eigenvalue weighted by molar-refractivity contribution is 0.0976. The van der Waals surface area contributed by atoms with E-state index in [2.05, 4.69) is 25.2 Å². The third-order valence-corrected chi connectivity index (χ3v) is 9.47. The predicted octanol–water partition coefficient (Wildman–Crippen LogP) is 5.98. The highest BCUT2D eigenvalue weighted by atomic mass is 35.5. The van der Waals surface area contributed by atoms with Crippen LogP contribution >= 0.6 is 11.6 Å². The molecule has 0 saturated heterocycles.